The van der Waals surface area contributed by atoms with E-state index < -0.39 is 37.3 Å². The van der Waals surface area contributed by atoms with Crippen LogP contribution in [0.15, 0.2) is 0 Å². The van der Waals surface area contributed by atoms with Crippen molar-refractivity contribution in [1.29, 1.82) is 0 Å². The van der Waals surface area contributed by atoms with E-state index in [-0.39, 0.29) is 0 Å². The molecule has 1 saturated heterocycles. The summed E-state index contributed by atoms with van der Waals surface area (Å²) in [7, 11) is 1.30. The van der Waals surface area contributed by atoms with Crippen molar-refractivity contribution in [3.63, 3.8) is 0 Å². The van der Waals surface area contributed by atoms with Crippen LogP contribution in [0, 0.1) is 0 Å². The van der Waals surface area contributed by atoms with Crippen molar-refractivity contribution in [3.05, 3.63) is 0 Å². The zero-order chi connectivity index (χ0) is 10.0. The summed E-state index contributed by atoms with van der Waals surface area (Å²) >= 11 is 0. The Bertz CT molecular complexity index is 163. The first-order valence-corrected chi connectivity index (χ1v) is 3.95. The maximum absolute atomic E-state index is 9.44. The molecule has 13 heavy (non-hydrogen) atoms. The summed E-state index contributed by atoms with van der Waals surface area (Å²) in [5.41, 5.74) is 0. The van der Waals surface area contributed by atoms with Crippen LogP contribution in [0.4, 0.5) is 0 Å². The van der Waals surface area contributed by atoms with Gasteiger partial charge in [-0.2, -0.15) is 0 Å². The molecule has 6 nitrogen and oxygen atoms in total. The summed E-state index contributed by atoms with van der Waals surface area (Å²) in [4.78, 5) is 0. The van der Waals surface area contributed by atoms with E-state index in [1.54, 1.807) is 0 Å². The maximum atomic E-state index is 9.44. The third-order valence-corrected chi connectivity index (χ3v) is 2.11. The highest BCUT2D eigenvalue weighted by atomic mass is 16.6. The quantitative estimate of drug-likeness (QED) is 0.386. The van der Waals surface area contributed by atoms with Crippen molar-refractivity contribution in [1.82, 2.24) is 0 Å². The van der Waals surface area contributed by atoms with Crippen LogP contribution in [0.1, 0.15) is 0 Å². The molecule has 0 radical (unpaired) electrons. The van der Waals surface area contributed by atoms with E-state index in [2.05, 4.69) is 0 Å². The van der Waals surface area contributed by atoms with Gasteiger partial charge in [-0.15, -0.1) is 0 Å². The standard InChI is InChI=1S/C7H14O6/c1-12-6-4(9)3(2-8)13-7(11)5(6)10/h3-11H,2H2,1H3/t3-,4-,5+,6+,7-/m0/s1. The number of hydrogen-bond acceptors (Lipinski definition) is 6. The van der Waals surface area contributed by atoms with Gasteiger partial charge in [0.15, 0.2) is 6.29 Å². The fourth-order valence-electron chi connectivity index (χ4n) is 1.35. The summed E-state index contributed by atoms with van der Waals surface area (Å²) in [6.07, 6.45) is -5.76. The number of methoxy groups -OCH3 is 1. The molecule has 1 fully saturated rings. The van der Waals surface area contributed by atoms with Crippen LogP contribution < -0.4 is 0 Å². The molecule has 0 spiro atoms. The Morgan fingerprint density at radius 1 is 1.23 bits per heavy atom. The molecule has 4 N–H and O–H groups in total. The summed E-state index contributed by atoms with van der Waals surface area (Å²) in [6, 6.07) is 0. The van der Waals surface area contributed by atoms with Crippen molar-refractivity contribution in [2.45, 2.75) is 30.7 Å². The molecular weight excluding hydrogens is 180 g/mol. The van der Waals surface area contributed by atoms with Crippen molar-refractivity contribution in [3.8, 4) is 0 Å². The molecule has 1 heterocycles. The molecule has 0 aromatic rings. The van der Waals surface area contributed by atoms with E-state index in [9.17, 15) is 10.2 Å². The Labute approximate surface area is 75.3 Å². The summed E-state index contributed by atoms with van der Waals surface area (Å²) in [5, 5.41) is 36.6. The van der Waals surface area contributed by atoms with Crippen molar-refractivity contribution in [2.24, 2.45) is 0 Å². The zero-order valence-electron chi connectivity index (χ0n) is 7.20. The van der Waals surface area contributed by atoms with Gasteiger partial charge < -0.3 is 29.9 Å². The normalized spacial score (nSPS) is 46.4. The molecule has 0 saturated carbocycles. The number of aliphatic hydroxyl groups is 4. The van der Waals surface area contributed by atoms with Crippen LogP contribution >= 0.6 is 0 Å². The average molecular weight is 194 g/mol. The minimum atomic E-state index is -1.44. The third-order valence-electron chi connectivity index (χ3n) is 2.11. The predicted molar refractivity (Wildman–Crippen MR) is 40.8 cm³/mol. The molecule has 6 heteroatoms. The second-order valence-electron chi connectivity index (χ2n) is 2.93. The topological polar surface area (TPSA) is 99.4 Å². The Morgan fingerprint density at radius 3 is 2.31 bits per heavy atom. The molecule has 1 aliphatic heterocycles. The Hall–Kier alpha value is -0.240. The fourth-order valence-corrected chi connectivity index (χ4v) is 1.35. The lowest BCUT2D eigenvalue weighted by Gasteiger charge is -2.39. The van der Waals surface area contributed by atoms with E-state index >= 15 is 0 Å². The van der Waals surface area contributed by atoms with Crippen LogP contribution in [0.5, 0.6) is 0 Å². The Kier molecular flexibility index (Phi) is 3.60. The molecule has 0 bridgehead atoms. The second kappa shape index (κ2) is 4.32. The van der Waals surface area contributed by atoms with Gasteiger partial charge in [0, 0.05) is 7.11 Å². The first-order valence-electron chi connectivity index (χ1n) is 3.95. The number of ether oxygens (including phenoxy) is 2. The molecule has 78 valence electrons. The summed E-state index contributed by atoms with van der Waals surface area (Å²) < 4.78 is 9.48. The Balaban J connectivity index is 2.69. The van der Waals surface area contributed by atoms with Gasteiger partial charge in [0.1, 0.15) is 24.4 Å². The molecule has 0 amide bonds. The molecule has 0 aromatic carbocycles. The SMILES string of the molecule is CO[C@@H]1[C@@H](O)[C@H](CO)O[C@H](O)[C@@H]1O. The first-order chi connectivity index (χ1) is 6.11. The van der Waals surface area contributed by atoms with E-state index in [1.165, 1.54) is 7.11 Å². The van der Waals surface area contributed by atoms with E-state index in [0.717, 1.165) is 0 Å². The van der Waals surface area contributed by atoms with Gasteiger partial charge in [-0.3, -0.25) is 0 Å². The van der Waals surface area contributed by atoms with Crippen molar-refractivity contribution in [2.75, 3.05) is 13.7 Å². The predicted octanol–water partition coefficient (Wildman–Crippen LogP) is -2.57. The minimum Gasteiger partial charge on any atom is -0.394 e. The van der Waals surface area contributed by atoms with Gasteiger partial charge in [-0.05, 0) is 0 Å². The molecule has 0 aliphatic carbocycles. The lowest BCUT2D eigenvalue weighted by atomic mass is 9.99. The van der Waals surface area contributed by atoms with Gasteiger partial charge in [-0.1, -0.05) is 0 Å². The average Bonchev–Trinajstić information content (AvgIpc) is 2.12. The lowest BCUT2D eigenvalue weighted by Crippen LogP contribution is -2.59. The van der Waals surface area contributed by atoms with Crippen LogP contribution in [-0.2, 0) is 9.47 Å². The van der Waals surface area contributed by atoms with Gasteiger partial charge in [0.2, 0.25) is 0 Å². The van der Waals surface area contributed by atoms with Gasteiger partial charge in [-0.25, -0.2) is 0 Å². The number of rotatable bonds is 2. The monoisotopic (exact) mass is 194 g/mol. The van der Waals surface area contributed by atoms with Gasteiger partial charge in [0.05, 0.1) is 6.61 Å². The van der Waals surface area contributed by atoms with Crippen LogP contribution in [-0.4, -0.2) is 64.8 Å². The van der Waals surface area contributed by atoms with Crippen molar-refractivity contribution < 1.29 is 29.9 Å². The summed E-state index contributed by atoms with van der Waals surface area (Å²) in [6.45, 7) is -0.440. The molecular formula is C7H14O6. The molecule has 5 atom stereocenters. The van der Waals surface area contributed by atoms with E-state index in [0.29, 0.717) is 0 Å². The maximum Gasteiger partial charge on any atom is 0.184 e. The lowest BCUT2D eigenvalue weighted by molar-refractivity contribution is -0.290. The van der Waals surface area contributed by atoms with Crippen LogP contribution in [0.25, 0.3) is 0 Å². The summed E-state index contributed by atoms with van der Waals surface area (Å²) in [5.74, 6) is 0. The van der Waals surface area contributed by atoms with Gasteiger partial charge >= 0.3 is 0 Å². The highest BCUT2D eigenvalue weighted by Crippen LogP contribution is 2.21. The minimum absolute atomic E-state index is 0.440. The van der Waals surface area contributed by atoms with Crippen LogP contribution in [0.2, 0.25) is 0 Å². The highest BCUT2D eigenvalue weighted by molar-refractivity contribution is 4.89. The second-order valence-corrected chi connectivity index (χ2v) is 2.93. The molecule has 0 unspecified atom stereocenters. The van der Waals surface area contributed by atoms with Crippen molar-refractivity contribution >= 4 is 0 Å². The number of hydrogen-bond donors (Lipinski definition) is 4. The first kappa shape index (κ1) is 10.8. The zero-order valence-corrected chi connectivity index (χ0v) is 7.20. The van der Waals surface area contributed by atoms with Crippen LogP contribution in [0.3, 0.4) is 0 Å². The third kappa shape index (κ3) is 1.98. The molecule has 0 aromatic heterocycles. The number of aliphatic hydroxyl groups excluding tert-OH is 4. The molecule has 1 aliphatic rings. The van der Waals surface area contributed by atoms with E-state index in [1.807, 2.05) is 0 Å². The van der Waals surface area contributed by atoms with Gasteiger partial charge in [0.25, 0.3) is 0 Å². The molecule has 1 rings (SSSR count). The fraction of sp³-hybridized carbons (Fsp3) is 1.00. The smallest absolute Gasteiger partial charge is 0.184 e. The largest absolute Gasteiger partial charge is 0.394 e. The Morgan fingerprint density at radius 2 is 1.85 bits per heavy atom. The highest BCUT2D eigenvalue weighted by Gasteiger charge is 2.43. The van der Waals surface area contributed by atoms with E-state index in [4.69, 9.17) is 19.7 Å².